The first-order chi connectivity index (χ1) is 9.81. The van der Waals surface area contributed by atoms with Gasteiger partial charge in [0.2, 0.25) is 5.91 Å². The van der Waals surface area contributed by atoms with Crippen molar-refractivity contribution >= 4 is 17.6 Å². The third kappa shape index (κ3) is 4.34. The van der Waals surface area contributed by atoms with Gasteiger partial charge in [-0.25, -0.2) is 4.79 Å². The highest BCUT2D eigenvalue weighted by Gasteiger charge is 2.25. The van der Waals surface area contributed by atoms with Gasteiger partial charge in [0.25, 0.3) is 0 Å². The second-order valence-corrected chi connectivity index (χ2v) is 5.47. The number of methoxy groups -OCH3 is 1. The van der Waals surface area contributed by atoms with Crippen molar-refractivity contribution in [2.75, 3.05) is 19.0 Å². The first kappa shape index (κ1) is 16.8. The Balaban J connectivity index is 3.21. The highest BCUT2D eigenvalue weighted by Crippen LogP contribution is 2.29. The summed E-state index contributed by atoms with van der Waals surface area (Å²) in [5, 5.41) is 2.74. The van der Waals surface area contributed by atoms with Crippen molar-refractivity contribution in [3.63, 3.8) is 0 Å². The molecule has 0 aliphatic carbocycles. The minimum Gasteiger partial charge on any atom is -0.489 e. The minimum absolute atomic E-state index is 0.194. The van der Waals surface area contributed by atoms with E-state index in [1.165, 1.54) is 7.11 Å². The number of esters is 1. The van der Waals surface area contributed by atoms with E-state index in [1.54, 1.807) is 45.0 Å². The second-order valence-electron chi connectivity index (χ2n) is 5.47. The van der Waals surface area contributed by atoms with Gasteiger partial charge < -0.3 is 14.8 Å². The molecule has 1 aromatic carbocycles. The summed E-state index contributed by atoms with van der Waals surface area (Å²) in [7, 11) is 1.28. The Bertz CT molecular complexity index is 544. The number of rotatable bonds is 5. The molecule has 0 saturated carbocycles. The molecule has 1 aromatic rings. The van der Waals surface area contributed by atoms with Gasteiger partial charge in [-0.1, -0.05) is 39.5 Å². The van der Waals surface area contributed by atoms with Gasteiger partial charge in [-0.05, 0) is 12.1 Å². The topological polar surface area (TPSA) is 64.6 Å². The molecule has 114 valence electrons. The third-order valence-corrected chi connectivity index (χ3v) is 2.70. The number of hydrogen-bond donors (Lipinski definition) is 1. The van der Waals surface area contributed by atoms with Crippen LogP contribution in [-0.4, -0.2) is 25.6 Å². The van der Waals surface area contributed by atoms with Crippen molar-refractivity contribution in [3.8, 4) is 5.75 Å². The lowest BCUT2D eigenvalue weighted by molar-refractivity contribution is -0.123. The fourth-order valence-corrected chi connectivity index (χ4v) is 1.53. The molecule has 0 spiro atoms. The Kier molecular flexibility index (Phi) is 5.52. The molecule has 0 aromatic heterocycles. The molecule has 0 fully saturated rings. The number of amides is 1. The molecular formula is C16H21NO4. The molecular weight excluding hydrogens is 270 g/mol. The Morgan fingerprint density at radius 3 is 2.52 bits per heavy atom. The summed E-state index contributed by atoms with van der Waals surface area (Å²) in [5.41, 5.74) is -0.0199. The molecule has 5 heteroatoms. The maximum absolute atomic E-state index is 12.1. The van der Waals surface area contributed by atoms with Crippen LogP contribution in [0.2, 0.25) is 0 Å². The summed E-state index contributed by atoms with van der Waals surface area (Å²) in [6.45, 7) is 9.18. The van der Waals surface area contributed by atoms with Crippen LogP contribution in [0.5, 0.6) is 5.75 Å². The van der Waals surface area contributed by atoms with Crippen LogP contribution in [-0.2, 0) is 9.53 Å². The maximum Gasteiger partial charge on any atom is 0.343 e. The van der Waals surface area contributed by atoms with Gasteiger partial charge in [0, 0.05) is 5.41 Å². The summed E-state index contributed by atoms with van der Waals surface area (Å²) >= 11 is 0. The van der Waals surface area contributed by atoms with Crippen molar-refractivity contribution in [2.24, 2.45) is 5.41 Å². The van der Waals surface area contributed by atoms with Crippen molar-refractivity contribution in [1.82, 2.24) is 0 Å². The van der Waals surface area contributed by atoms with Crippen LogP contribution in [0.1, 0.15) is 31.1 Å². The largest absolute Gasteiger partial charge is 0.489 e. The van der Waals surface area contributed by atoms with Gasteiger partial charge in [-0.3, -0.25) is 4.79 Å². The van der Waals surface area contributed by atoms with E-state index in [0.717, 1.165) is 0 Å². The lowest BCUT2D eigenvalue weighted by Gasteiger charge is -2.20. The van der Waals surface area contributed by atoms with Crippen molar-refractivity contribution in [1.29, 1.82) is 0 Å². The van der Waals surface area contributed by atoms with E-state index < -0.39 is 11.4 Å². The molecule has 0 unspecified atom stereocenters. The summed E-state index contributed by atoms with van der Waals surface area (Å²) < 4.78 is 10.2. The smallest absolute Gasteiger partial charge is 0.343 e. The second kappa shape index (κ2) is 6.92. The van der Waals surface area contributed by atoms with Crippen LogP contribution in [0.3, 0.4) is 0 Å². The van der Waals surface area contributed by atoms with Gasteiger partial charge >= 0.3 is 5.97 Å². The van der Waals surface area contributed by atoms with Gasteiger partial charge in [-0.2, -0.15) is 0 Å². The fraction of sp³-hybridized carbons (Fsp3) is 0.375. The third-order valence-electron chi connectivity index (χ3n) is 2.70. The first-order valence-electron chi connectivity index (χ1n) is 6.57. The van der Waals surface area contributed by atoms with Gasteiger partial charge in [0.15, 0.2) is 0 Å². The Labute approximate surface area is 124 Å². The molecule has 1 rings (SSSR count). The monoisotopic (exact) mass is 291 g/mol. The number of nitrogens with one attached hydrogen (secondary N) is 1. The minimum atomic E-state index is -0.578. The Morgan fingerprint density at radius 2 is 2.00 bits per heavy atom. The predicted molar refractivity (Wildman–Crippen MR) is 81.6 cm³/mol. The zero-order chi connectivity index (χ0) is 16.0. The van der Waals surface area contributed by atoms with Crippen LogP contribution in [0.25, 0.3) is 0 Å². The maximum atomic E-state index is 12.1. The highest BCUT2D eigenvalue weighted by molar-refractivity contribution is 6.04. The van der Waals surface area contributed by atoms with Crippen molar-refractivity contribution in [3.05, 3.63) is 36.4 Å². The number of carbonyl (C=O) groups excluding carboxylic acids is 2. The van der Waals surface area contributed by atoms with E-state index >= 15 is 0 Å². The highest BCUT2D eigenvalue weighted by atomic mass is 16.5. The average molecular weight is 291 g/mol. The number of anilines is 1. The van der Waals surface area contributed by atoms with E-state index in [9.17, 15) is 9.59 Å². The Morgan fingerprint density at radius 1 is 1.33 bits per heavy atom. The SMILES string of the molecule is C=CCOc1cccc(NC(=O)C(C)(C)C)c1C(=O)OC. The van der Waals surface area contributed by atoms with Crippen LogP contribution in [0.4, 0.5) is 5.69 Å². The predicted octanol–water partition coefficient (Wildman–Crippen LogP) is 3.02. The zero-order valence-corrected chi connectivity index (χ0v) is 12.9. The van der Waals surface area contributed by atoms with E-state index in [1.807, 2.05) is 0 Å². The number of carbonyl (C=O) groups is 2. The van der Waals surface area contributed by atoms with Crippen LogP contribution < -0.4 is 10.1 Å². The molecule has 5 nitrogen and oxygen atoms in total. The molecule has 0 atom stereocenters. The fourth-order valence-electron chi connectivity index (χ4n) is 1.53. The molecule has 0 heterocycles. The van der Waals surface area contributed by atoms with E-state index in [2.05, 4.69) is 11.9 Å². The quantitative estimate of drug-likeness (QED) is 0.669. The zero-order valence-electron chi connectivity index (χ0n) is 12.9. The number of benzene rings is 1. The summed E-state index contributed by atoms with van der Waals surface area (Å²) in [4.78, 5) is 24.1. The average Bonchev–Trinajstić information content (AvgIpc) is 2.43. The normalized spacial score (nSPS) is 10.7. The lowest BCUT2D eigenvalue weighted by Crippen LogP contribution is -2.28. The molecule has 0 radical (unpaired) electrons. The van der Waals surface area contributed by atoms with Gasteiger partial charge in [0.1, 0.15) is 17.9 Å². The molecule has 0 aliphatic rings. The van der Waals surface area contributed by atoms with Crippen LogP contribution in [0, 0.1) is 5.41 Å². The standard InChI is InChI=1S/C16H21NO4/c1-6-10-21-12-9-7-8-11(13(12)14(18)20-5)17-15(19)16(2,3)4/h6-9H,1,10H2,2-5H3,(H,17,19). The van der Waals surface area contributed by atoms with E-state index in [4.69, 9.17) is 9.47 Å². The van der Waals surface area contributed by atoms with Crippen molar-refractivity contribution < 1.29 is 19.1 Å². The van der Waals surface area contributed by atoms with Crippen molar-refractivity contribution in [2.45, 2.75) is 20.8 Å². The first-order valence-corrected chi connectivity index (χ1v) is 6.57. The molecule has 0 aliphatic heterocycles. The molecule has 21 heavy (non-hydrogen) atoms. The Hall–Kier alpha value is -2.30. The molecule has 0 saturated heterocycles. The summed E-state index contributed by atoms with van der Waals surface area (Å²) in [5.74, 6) is -0.430. The van der Waals surface area contributed by atoms with E-state index in [0.29, 0.717) is 11.4 Å². The van der Waals surface area contributed by atoms with Gasteiger partial charge in [-0.15, -0.1) is 0 Å². The lowest BCUT2D eigenvalue weighted by atomic mass is 9.95. The molecule has 1 amide bonds. The summed E-state index contributed by atoms with van der Waals surface area (Å²) in [6, 6.07) is 4.97. The van der Waals surface area contributed by atoms with Crippen LogP contribution in [0.15, 0.2) is 30.9 Å². The van der Waals surface area contributed by atoms with Gasteiger partial charge in [0.05, 0.1) is 12.8 Å². The molecule has 0 bridgehead atoms. The summed E-state index contributed by atoms with van der Waals surface area (Å²) in [6.07, 6.45) is 1.57. The molecule has 1 N–H and O–H groups in total. The number of hydrogen-bond acceptors (Lipinski definition) is 4. The van der Waals surface area contributed by atoms with Crippen LogP contribution >= 0.6 is 0 Å². The van der Waals surface area contributed by atoms with E-state index in [-0.39, 0.29) is 18.1 Å². The number of ether oxygens (including phenoxy) is 2.